The van der Waals surface area contributed by atoms with Crippen molar-refractivity contribution in [2.24, 2.45) is 5.73 Å². The fourth-order valence-corrected chi connectivity index (χ4v) is 1.95. The molecule has 0 saturated carbocycles. The molecule has 0 aliphatic rings. The van der Waals surface area contributed by atoms with E-state index in [0.717, 1.165) is 11.3 Å². The van der Waals surface area contributed by atoms with E-state index in [1.165, 1.54) is 0 Å². The van der Waals surface area contributed by atoms with Gasteiger partial charge in [-0.1, -0.05) is 23.5 Å². The SMILES string of the molecule is Cc1ccc(C#CCN)c(C(=O)NCCc2ccco2)c1. The first-order valence-electron chi connectivity index (χ1n) is 6.81. The molecule has 1 aromatic heterocycles. The van der Waals surface area contributed by atoms with E-state index >= 15 is 0 Å². The van der Waals surface area contributed by atoms with Crippen LogP contribution in [0.2, 0.25) is 0 Å². The van der Waals surface area contributed by atoms with Gasteiger partial charge in [-0.2, -0.15) is 0 Å². The molecular weight excluding hydrogens is 264 g/mol. The molecule has 0 saturated heterocycles. The zero-order chi connectivity index (χ0) is 15.1. The number of amides is 1. The van der Waals surface area contributed by atoms with Crippen LogP contribution in [0.3, 0.4) is 0 Å². The second-order valence-electron chi connectivity index (χ2n) is 4.64. The Morgan fingerprint density at radius 2 is 2.24 bits per heavy atom. The maximum absolute atomic E-state index is 12.3. The highest BCUT2D eigenvalue weighted by atomic mass is 16.3. The Balaban J connectivity index is 2.05. The first kappa shape index (κ1) is 14.9. The van der Waals surface area contributed by atoms with Crippen LogP contribution in [0.4, 0.5) is 0 Å². The molecule has 0 aliphatic heterocycles. The number of hydrogen-bond acceptors (Lipinski definition) is 3. The monoisotopic (exact) mass is 282 g/mol. The Bertz CT molecular complexity index is 664. The van der Waals surface area contributed by atoms with Gasteiger partial charge in [0.05, 0.1) is 18.4 Å². The van der Waals surface area contributed by atoms with Crippen LogP contribution in [0, 0.1) is 18.8 Å². The smallest absolute Gasteiger partial charge is 0.252 e. The van der Waals surface area contributed by atoms with Crippen molar-refractivity contribution >= 4 is 5.91 Å². The van der Waals surface area contributed by atoms with Gasteiger partial charge in [0.15, 0.2) is 0 Å². The zero-order valence-electron chi connectivity index (χ0n) is 12.0. The molecule has 4 nitrogen and oxygen atoms in total. The van der Waals surface area contributed by atoms with E-state index < -0.39 is 0 Å². The summed E-state index contributed by atoms with van der Waals surface area (Å²) in [6.07, 6.45) is 2.28. The van der Waals surface area contributed by atoms with Crippen LogP contribution in [0.5, 0.6) is 0 Å². The van der Waals surface area contributed by atoms with Gasteiger partial charge in [-0.3, -0.25) is 4.79 Å². The Morgan fingerprint density at radius 1 is 1.38 bits per heavy atom. The molecule has 2 aromatic rings. The molecule has 0 spiro atoms. The van der Waals surface area contributed by atoms with Gasteiger partial charge in [-0.25, -0.2) is 0 Å². The fourth-order valence-electron chi connectivity index (χ4n) is 1.95. The van der Waals surface area contributed by atoms with Gasteiger partial charge < -0.3 is 15.5 Å². The molecule has 0 aliphatic carbocycles. The first-order valence-corrected chi connectivity index (χ1v) is 6.81. The number of nitrogens with two attached hydrogens (primary N) is 1. The van der Waals surface area contributed by atoms with Crippen molar-refractivity contribution in [3.05, 3.63) is 59.0 Å². The summed E-state index contributed by atoms with van der Waals surface area (Å²) in [5.74, 6) is 6.43. The molecule has 1 heterocycles. The van der Waals surface area contributed by atoms with Gasteiger partial charge in [0.2, 0.25) is 0 Å². The van der Waals surface area contributed by atoms with Gasteiger partial charge in [0.25, 0.3) is 5.91 Å². The molecule has 0 unspecified atom stereocenters. The van der Waals surface area contributed by atoms with E-state index in [1.807, 2.05) is 37.3 Å². The third kappa shape index (κ3) is 4.23. The average molecular weight is 282 g/mol. The van der Waals surface area contributed by atoms with Crippen molar-refractivity contribution in [2.45, 2.75) is 13.3 Å². The molecule has 108 valence electrons. The Hall–Kier alpha value is -2.51. The molecule has 4 heteroatoms. The molecule has 0 radical (unpaired) electrons. The lowest BCUT2D eigenvalue weighted by Crippen LogP contribution is -2.26. The maximum atomic E-state index is 12.3. The minimum Gasteiger partial charge on any atom is -0.469 e. The van der Waals surface area contributed by atoms with Gasteiger partial charge in [-0.15, -0.1) is 0 Å². The number of furan rings is 1. The summed E-state index contributed by atoms with van der Waals surface area (Å²) in [6.45, 7) is 2.73. The largest absolute Gasteiger partial charge is 0.469 e. The van der Waals surface area contributed by atoms with Crippen molar-refractivity contribution in [3.63, 3.8) is 0 Å². The molecule has 0 atom stereocenters. The lowest BCUT2D eigenvalue weighted by Gasteiger charge is -2.07. The standard InChI is InChI=1S/C17H18N2O2/c1-13-6-7-14(4-2-9-18)16(12-13)17(20)19-10-8-15-5-3-11-21-15/h3,5-7,11-12H,8-10,18H2,1H3,(H,19,20). The number of carbonyl (C=O) groups is 1. The molecule has 1 aromatic carbocycles. The van der Waals surface area contributed by atoms with E-state index in [0.29, 0.717) is 24.1 Å². The Morgan fingerprint density at radius 3 is 2.95 bits per heavy atom. The normalized spacial score (nSPS) is 9.81. The van der Waals surface area contributed by atoms with E-state index in [4.69, 9.17) is 10.2 Å². The van der Waals surface area contributed by atoms with Crippen LogP contribution >= 0.6 is 0 Å². The summed E-state index contributed by atoms with van der Waals surface area (Å²) >= 11 is 0. The van der Waals surface area contributed by atoms with Gasteiger partial charge in [0.1, 0.15) is 5.76 Å². The van der Waals surface area contributed by atoms with E-state index in [2.05, 4.69) is 17.2 Å². The molecule has 1 amide bonds. The Kier molecular flexibility index (Phi) is 5.19. The lowest BCUT2D eigenvalue weighted by molar-refractivity contribution is 0.0953. The molecular formula is C17H18N2O2. The highest BCUT2D eigenvalue weighted by Gasteiger charge is 2.10. The van der Waals surface area contributed by atoms with Crippen LogP contribution in [0.15, 0.2) is 41.0 Å². The molecule has 0 fully saturated rings. The number of aryl methyl sites for hydroxylation is 1. The van der Waals surface area contributed by atoms with Gasteiger partial charge >= 0.3 is 0 Å². The summed E-state index contributed by atoms with van der Waals surface area (Å²) in [5, 5.41) is 2.88. The van der Waals surface area contributed by atoms with Gasteiger partial charge in [-0.05, 0) is 31.2 Å². The van der Waals surface area contributed by atoms with Gasteiger partial charge in [0, 0.05) is 18.5 Å². The van der Waals surface area contributed by atoms with E-state index in [-0.39, 0.29) is 12.5 Å². The number of carbonyl (C=O) groups excluding carboxylic acids is 1. The van der Waals surface area contributed by atoms with Crippen molar-refractivity contribution in [2.75, 3.05) is 13.1 Å². The third-order valence-corrected chi connectivity index (χ3v) is 2.98. The van der Waals surface area contributed by atoms with Crippen molar-refractivity contribution in [1.29, 1.82) is 0 Å². The predicted octanol–water partition coefficient (Wildman–Crippen LogP) is 1.87. The number of nitrogens with one attached hydrogen (secondary N) is 1. The second kappa shape index (κ2) is 7.32. The third-order valence-electron chi connectivity index (χ3n) is 2.98. The first-order chi connectivity index (χ1) is 10.2. The average Bonchev–Trinajstić information content (AvgIpc) is 2.99. The van der Waals surface area contributed by atoms with Crippen LogP contribution in [-0.4, -0.2) is 19.0 Å². The molecule has 2 rings (SSSR count). The van der Waals surface area contributed by atoms with Crippen LogP contribution in [-0.2, 0) is 6.42 Å². The quantitative estimate of drug-likeness (QED) is 0.841. The summed E-state index contributed by atoms with van der Waals surface area (Å²) in [6, 6.07) is 9.33. The molecule has 3 N–H and O–H groups in total. The summed E-state index contributed by atoms with van der Waals surface area (Å²) in [7, 11) is 0. The van der Waals surface area contributed by atoms with E-state index in [9.17, 15) is 4.79 Å². The number of benzene rings is 1. The lowest BCUT2D eigenvalue weighted by atomic mass is 10.0. The number of rotatable bonds is 4. The highest BCUT2D eigenvalue weighted by molar-refractivity contribution is 5.96. The summed E-state index contributed by atoms with van der Waals surface area (Å²) in [4.78, 5) is 12.3. The molecule has 0 bridgehead atoms. The summed E-state index contributed by atoms with van der Waals surface area (Å²) < 4.78 is 5.23. The second-order valence-corrected chi connectivity index (χ2v) is 4.64. The number of hydrogen-bond donors (Lipinski definition) is 2. The predicted molar refractivity (Wildman–Crippen MR) is 81.9 cm³/mol. The molecule has 21 heavy (non-hydrogen) atoms. The highest BCUT2D eigenvalue weighted by Crippen LogP contribution is 2.11. The van der Waals surface area contributed by atoms with Crippen LogP contribution in [0.1, 0.15) is 27.2 Å². The summed E-state index contributed by atoms with van der Waals surface area (Å²) in [5.41, 5.74) is 7.68. The van der Waals surface area contributed by atoms with E-state index in [1.54, 1.807) is 6.26 Å². The fraction of sp³-hybridized carbons (Fsp3) is 0.235. The minimum absolute atomic E-state index is 0.133. The van der Waals surface area contributed by atoms with Crippen LogP contribution < -0.4 is 11.1 Å². The topological polar surface area (TPSA) is 68.3 Å². The maximum Gasteiger partial charge on any atom is 0.252 e. The minimum atomic E-state index is -0.133. The van der Waals surface area contributed by atoms with Crippen LogP contribution in [0.25, 0.3) is 0 Å². The van der Waals surface area contributed by atoms with Crippen molar-refractivity contribution < 1.29 is 9.21 Å². The van der Waals surface area contributed by atoms with Crippen molar-refractivity contribution in [1.82, 2.24) is 5.32 Å². The van der Waals surface area contributed by atoms with Crippen molar-refractivity contribution in [3.8, 4) is 11.8 Å². The zero-order valence-corrected chi connectivity index (χ0v) is 12.0. The Labute approximate surface area is 124 Å².